The Morgan fingerprint density at radius 1 is 1.00 bits per heavy atom. The number of aromatic nitrogens is 2. The minimum Gasteiger partial charge on any atom is -0.349 e. The van der Waals surface area contributed by atoms with Crippen LogP contribution >= 0.6 is 0 Å². The number of hydrogen-bond acceptors (Lipinski definition) is 4. The van der Waals surface area contributed by atoms with Crippen molar-refractivity contribution in [3.63, 3.8) is 0 Å². The first-order valence-electron chi connectivity index (χ1n) is 7.77. The summed E-state index contributed by atoms with van der Waals surface area (Å²) >= 11 is 0. The molecule has 0 aliphatic heterocycles. The van der Waals surface area contributed by atoms with E-state index in [9.17, 15) is 4.79 Å². The number of nitrogens with one attached hydrogen (secondary N) is 2. The molecule has 0 fully saturated rings. The maximum atomic E-state index is 12.2. The number of anilines is 2. The van der Waals surface area contributed by atoms with E-state index in [1.54, 1.807) is 6.07 Å². The van der Waals surface area contributed by atoms with Crippen LogP contribution in [0.15, 0.2) is 18.2 Å². The van der Waals surface area contributed by atoms with E-state index in [0.29, 0.717) is 11.6 Å². The van der Waals surface area contributed by atoms with Gasteiger partial charge in [0.1, 0.15) is 5.69 Å². The summed E-state index contributed by atoms with van der Waals surface area (Å²) in [4.78, 5) is 20.9. The summed E-state index contributed by atoms with van der Waals surface area (Å²) in [5.74, 6) is 0.250. The molecular weight excluding hydrogens is 288 g/mol. The molecule has 5 nitrogen and oxygen atoms in total. The molecule has 23 heavy (non-hydrogen) atoms. The highest BCUT2D eigenvalue weighted by Crippen LogP contribution is 2.24. The van der Waals surface area contributed by atoms with E-state index in [1.807, 2.05) is 34.6 Å². The Morgan fingerprint density at radius 2 is 1.61 bits per heavy atom. The molecule has 1 aromatic heterocycles. The van der Waals surface area contributed by atoms with Crippen molar-refractivity contribution in [1.29, 1.82) is 0 Å². The van der Waals surface area contributed by atoms with Gasteiger partial charge >= 0.3 is 0 Å². The Bertz CT molecular complexity index is 715. The van der Waals surface area contributed by atoms with E-state index < -0.39 is 0 Å². The van der Waals surface area contributed by atoms with Crippen LogP contribution in [0.1, 0.15) is 46.7 Å². The van der Waals surface area contributed by atoms with Crippen molar-refractivity contribution in [3.05, 3.63) is 46.3 Å². The van der Waals surface area contributed by atoms with Gasteiger partial charge in [0.15, 0.2) is 0 Å². The Hall–Kier alpha value is -2.43. The first-order valence-corrected chi connectivity index (χ1v) is 7.77. The van der Waals surface area contributed by atoms with Gasteiger partial charge in [-0.15, -0.1) is 0 Å². The first-order chi connectivity index (χ1) is 10.8. The number of benzene rings is 1. The third kappa shape index (κ3) is 4.28. The van der Waals surface area contributed by atoms with Crippen LogP contribution in [0.4, 0.5) is 11.6 Å². The van der Waals surface area contributed by atoms with Crippen LogP contribution < -0.4 is 10.6 Å². The molecule has 2 rings (SSSR count). The Morgan fingerprint density at radius 3 is 2.17 bits per heavy atom. The summed E-state index contributed by atoms with van der Waals surface area (Å²) < 4.78 is 0. The standard InChI is InChI=1S/C18H24N4O/c1-10(2)19-17(23)15-9-14(6)20-18(21-15)22-16-12(4)7-11(3)8-13(16)5/h7-10H,1-6H3,(H,19,23)(H,20,21,22). The quantitative estimate of drug-likeness (QED) is 0.905. The molecule has 0 radical (unpaired) electrons. The number of nitrogens with zero attached hydrogens (tertiary/aromatic N) is 2. The van der Waals surface area contributed by atoms with Crippen LogP contribution in [-0.2, 0) is 0 Å². The number of rotatable bonds is 4. The van der Waals surface area contributed by atoms with Gasteiger partial charge in [-0.25, -0.2) is 9.97 Å². The fraction of sp³-hybridized carbons (Fsp3) is 0.389. The zero-order valence-electron chi connectivity index (χ0n) is 14.6. The average Bonchev–Trinajstić information content (AvgIpc) is 2.41. The van der Waals surface area contributed by atoms with Gasteiger partial charge in [-0.05, 0) is 58.7 Å². The van der Waals surface area contributed by atoms with Crippen molar-refractivity contribution in [1.82, 2.24) is 15.3 Å². The van der Waals surface area contributed by atoms with Crippen molar-refractivity contribution in [2.45, 2.75) is 47.6 Å². The van der Waals surface area contributed by atoms with Crippen molar-refractivity contribution in [2.75, 3.05) is 5.32 Å². The highest BCUT2D eigenvalue weighted by atomic mass is 16.1. The third-order valence-corrected chi connectivity index (χ3v) is 3.42. The van der Waals surface area contributed by atoms with E-state index >= 15 is 0 Å². The van der Waals surface area contributed by atoms with Crippen molar-refractivity contribution in [3.8, 4) is 0 Å². The molecule has 0 saturated carbocycles. The summed E-state index contributed by atoms with van der Waals surface area (Å²) in [5, 5.41) is 6.11. The Labute approximate surface area is 137 Å². The van der Waals surface area contributed by atoms with Gasteiger partial charge < -0.3 is 10.6 Å². The minimum atomic E-state index is -0.189. The molecular formula is C18H24N4O. The molecule has 0 spiro atoms. The second kappa shape index (κ2) is 6.77. The van der Waals surface area contributed by atoms with Crippen LogP contribution in [-0.4, -0.2) is 21.9 Å². The van der Waals surface area contributed by atoms with Gasteiger partial charge in [-0.3, -0.25) is 4.79 Å². The van der Waals surface area contributed by atoms with Gasteiger partial charge in [0.05, 0.1) is 0 Å². The minimum absolute atomic E-state index is 0.0655. The monoisotopic (exact) mass is 312 g/mol. The van der Waals surface area contributed by atoms with Gasteiger partial charge in [-0.1, -0.05) is 17.7 Å². The van der Waals surface area contributed by atoms with Gasteiger partial charge in [0, 0.05) is 17.4 Å². The summed E-state index contributed by atoms with van der Waals surface area (Å²) in [6.07, 6.45) is 0. The van der Waals surface area contributed by atoms with Crippen molar-refractivity contribution >= 4 is 17.5 Å². The van der Waals surface area contributed by atoms with Gasteiger partial charge in [0.25, 0.3) is 5.91 Å². The predicted molar refractivity (Wildman–Crippen MR) is 93.3 cm³/mol. The van der Waals surface area contributed by atoms with E-state index in [0.717, 1.165) is 22.5 Å². The average molecular weight is 312 g/mol. The van der Waals surface area contributed by atoms with E-state index in [1.165, 1.54) is 5.56 Å². The molecule has 0 aliphatic carbocycles. The van der Waals surface area contributed by atoms with Crippen LogP contribution in [0, 0.1) is 27.7 Å². The molecule has 122 valence electrons. The predicted octanol–water partition coefficient (Wildman–Crippen LogP) is 3.59. The van der Waals surface area contributed by atoms with Crippen LogP contribution in [0.25, 0.3) is 0 Å². The largest absolute Gasteiger partial charge is 0.349 e. The molecule has 5 heteroatoms. The lowest BCUT2D eigenvalue weighted by Gasteiger charge is -2.14. The zero-order valence-corrected chi connectivity index (χ0v) is 14.6. The second-order valence-corrected chi connectivity index (χ2v) is 6.25. The third-order valence-electron chi connectivity index (χ3n) is 3.42. The lowest BCUT2D eigenvalue weighted by Crippen LogP contribution is -2.31. The maximum absolute atomic E-state index is 12.2. The van der Waals surface area contributed by atoms with Crippen LogP contribution in [0.5, 0.6) is 0 Å². The molecule has 2 aromatic rings. The molecule has 1 amide bonds. The van der Waals surface area contributed by atoms with Crippen molar-refractivity contribution < 1.29 is 4.79 Å². The number of hydrogen-bond donors (Lipinski definition) is 2. The molecule has 0 aliphatic rings. The van der Waals surface area contributed by atoms with Gasteiger partial charge in [0.2, 0.25) is 5.95 Å². The van der Waals surface area contributed by atoms with Crippen LogP contribution in [0.2, 0.25) is 0 Å². The fourth-order valence-corrected chi connectivity index (χ4v) is 2.57. The smallest absolute Gasteiger partial charge is 0.270 e. The topological polar surface area (TPSA) is 66.9 Å². The van der Waals surface area contributed by atoms with E-state index in [4.69, 9.17) is 0 Å². The number of aryl methyl sites for hydroxylation is 4. The highest BCUT2D eigenvalue weighted by Gasteiger charge is 2.13. The molecule has 0 bridgehead atoms. The lowest BCUT2D eigenvalue weighted by atomic mass is 10.1. The van der Waals surface area contributed by atoms with Crippen molar-refractivity contribution in [2.24, 2.45) is 0 Å². The Kier molecular flexibility index (Phi) is 4.98. The zero-order chi connectivity index (χ0) is 17.1. The number of carbonyl (C=O) groups is 1. The summed E-state index contributed by atoms with van der Waals surface area (Å²) in [6.45, 7) is 11.9. The normalized spacial score (nSPS) is 10.7. The molecule has 0 atom stereocenters. The summed E-state index contributed by atoms with van der Waals surface area (Å²) in [5.41, 5.74) is 5.57. The van der Waals surface area contributed by atoms with Gasteiger partial charge in [-0.2, -0.15) is 0 Å². The SMILES string of the molecule is Cc1cc(C)c(Nc2nc(C)cc(C(=O)NC(C)C)n2)c(C)c1. The molecule has 0 unspecified atom stereocenters. The first kappa shape index (κ1) is 16.9. The maximum Gasteiger partial charge on any atom is 0.270 e. The number of amides is 1. The molecule has 1 heterocycles. The van der Waals surface area contributed by atoms with Crippen LogP contribution in [0.3, 0.4) is 0 Å². The Balaban J connectivity index is 2.34. The molecule has 1 aromatic carbocycles. The second-order valence-electron chi connectivity index (χ2n) is 6.25. The van der Waals surface area contributed by atoms with E-state index in [2.05, 4.69) is 39.7 Å². The highest BCUT2D eigenvalue weighted by molar-refractivity contribution is 5.92. The molecule has 2 N–H and O–H groups in total. The number of carbonyl (C=O) groups excluding carboxylic acids is 1. The fourth-order valence-electron chi connectivity index (χ4n) is 2.57. The summed E-state index contributed by atoms with van der Waals surface area (Å²) in [6, 6.07) is 5.98. The summed E-state index contributed by atoms with van der Waals surface area (Å²) in [7, 11) is 0. The lowest BCUT2D eigenvalue weighted by molar-refractivity contribution is 0.0938. The van der Waals surface area contributed by atoms with E-state index in [-0.39, 0.29) is 11.9 Å². The molecule has 0 saturated heterocycles.